The molecule has 0 saturated carbocycles. The summed E-state index contributed by atoms with van der Waals surface area (Å²) in [5.74, 6) is -1.35. The van der Waals surface area contributed by atoms with E-state index in [0.717, 1.165) is 0 Å². The van der Waals surface area contributed by atoms with Crippen LogP contribution in [0.4, 0.5) is 10.5 Å². The fraction of sp³-hybridized carbons (Fsp3) is 0.467. The van der Waals surface area contributed by atoms with E-state index < -0.39 is 11.9 Å². The summed E-state index contributed by atoms with van der Waals surface area (Å²) in [4.78, 5) is 26.8. The smallest absolute Gasteiger partial charge is 0.324 e. The predicted molar refractivity (Wildman–Crippen MR) is 78.4 cm³/mol. The van der Waals surface area contributed by atoms with Crippen molar-refractivity contribution in [1.82, 2.24) is 4.90 Å². The normalized spacial score (nSPS) is 21.3. The summed E-state index contributed by atoms with van der Waals surface area (Å²) in [6, 6.07) is 6.26. The third kappa shape index (κ3) is 3.09. The first-order chi connectivity index (χ1) is 9.93. The first kappa shape index (κ1) is 15.2. The molecule has 1 heterocycles. The second-order valence-electron chi connectivity index (χ2n) is 5.37. The number of aromatic hydroxyl groups is 1. The molecule has 0 bridgehead atoms. The SMILES string of the molecule is CCN(C(=O)N1CC(C)C(C(=O)O)C1)c1cccc(O)c1. The number of rotatable bonds is 3. The average Bonchev–Trinajstić information content (AvgIpc) is 2.82. The molecule has 1 aromatic rings. The summed E-state index contributed by atoms with van der Waals surface area (Å²) in [7, 11) is 0. The highest BCUT2D eigenvalue weighted by Crippen LogP contribution is 2.27. The number of benzene rings is 1. The molecule has 21 heavy (non-hydrogen) atoms. The molecule has 2 rings (SSSR count). The molecule has 2 N–H and O–H groups in total. The first-order valence-corrected chi connectivity index (χ1v) is 7.02. The van der Waals surface area contributed by atoms with Crippen LogP contribution in [-0.4, -0.2) is 46.7 Å². The van der Waals surface area contributed by atoms with E-state index in [1.165, 1.54) is 11.0 Å². The molecular weight excluding hydrogens is 272 g/mol. The minimum Gasteiger partial charge on any atom is -0.508 e. The summed E-state index contributed by atoms with van der Waals surface area (Å²) in [5, 5.41) is 18.7. The molecule has 0 spiro atoms. The summed E-state index contributed by atoms with van der Waals surface area (Å²) < 4.78 is 0. The number of anilines is 1. The van der Waals surface area contributed by atoms with Gasteiger partial charge in [-0.3, -0.25) is 9.69 Å². The fourth-order valence-corrected chi connectivity index (χ4v) is 2.70. The maximum Gasteiger partial charge on any atom is 0.324 e. The van der Waals surface area contributed by atoms with E-state index in [1.54, 1.807) is 23.1 Å². The van der Waals surface area contributed by atoms with Crippen molar-refractivity contribution in [3.05, 3.63) is 24.3 Å². The van der Waals surface area contributed by atoms with Crippen LogP contribution in [0.25, 0.3) is 0 Å². The number of urea groups is 1. The highest BCUT2D eigenvalue weighted by Gasteiger charge is 2.38. The van der Waals surface area contributed by atoms with Crippen LogP contribution in [0, 0.1) is 11.8 Å². The van der Waals surface area contributed by atoms with Gasteiger partial charge in [-0.2, -0.15) is 0 Å². The van der Waals surface area contributed by atoms with Crippen LogP contribution in [0.3, 0.4) is 0 Å². The molecule has 6 heteroatoms. The minimum atomic E-state index is -0.863. The van der Waals surface area contributed by atoms with Crippen LogP contribution < -0.4 is 4.90 Å². The molecule has 2 amide bonds. The van der Waals surface area contributed by atoms with E-state index in [2.05, 4.69) is 0 Å². The molecule has 2 unspecified atom stereocenters. The number of phenols is 1. The largest absolute Gasteiger partial charge is 0.508 e. The van der Waals surface area contributed by atoms with Crippen molar-refractivity contribution in [2.24, 2.45) is 11.8 Å². The second-order valence-corrected chi connectivity index (χ2v) is 5.37. The molecule has 6 nitrogen and oxygen atoms in total. The van der Waals surface area contributed by atoms with Gasteiger partial charge in [-0.05, 0) is 25.0 Å². The molecule has 1 aromatic carbocycles. The zero-order valence-electron chi connectivity index (χ0n) is 12.2. The Morgan fingerprint density at radius 3 is 2.62 bits per heavy atom. The van der Waals surface area contributed by atoms with Crippen LogP contribution in [0.2, 0.25) is 0 Å². The second kappa shape index (κ2) is 6.03. The standard InChI is InChI=1S/C15H20N2O4/c1-3-17(11-5-4-6-12(18)7-11)15(21)16-8-10(2)13(9-16)14(19)20/h4-7,10,13,18H,3,8-9H2,1-2H3,(H,19,20). The number of likely N-dealkylation sites (tertiary alicyclic amines) is 1. The summed E-state index contributed by atoms with van der Waals surface area (Å²) >= 11 is 0. The van der Waals surface area contributed by atoms with E-state index in [-0.39, 0.29) is 24.2 Å². The summed E-state index contributed by atoms with van der Waals surface area (Å²) in [6.07, 6.45) is 0. The number of hydrogen-bond donors (Lipinski definition) is 2. The number of aliphatic carboxylic acids is 1. The lowest BCUT2D eigenvalue weighted by atomic mass is 9.99. The molecular formula is C15H20N2O4. The lowest BCUT2D eigenvalue weighted by Gasteiger charge is -2.27. The number of nitrogens with zero attached hydrogens (tertiary/aromatic N) is 2. The third-order valence-corrected chi connectivity index (χ3v) is 3.89. The van der Waals surface area contributed by atoms with E-state index in [0.29, 0.717) is 18.8 Å². The Bertz CT molecular complexity index is 546. The number of hydrogen-bond acceptors (Lipinski definition) is 3. The van der Waals surface area contributed by atoms with Crippen LogP contribution in [0.15, 0.2) is 24.3 Å². The van der Waals surface area contributed by atoms with Gasteiger partial charge in [0, 0.05) is 31.4 Å². The van der Waals surface area contributed by atoms with Crippen molar-refractivity contribution in [2.75, 3.05) is 24.5 Å². The van der Waals surface area contributed by atoms with Crippen molar-refractivity contribution in [3.63, 3.8) is 0 Å². The molecule has 0 radical (unpaired) electrons. The van der Waals surface area contributed by atoms with Gasteiger partial charge in [-0.25, -0.2) is 4.79 Å². The summed E-state index contributed by atoms with van der Waals surface area (Å²) in [5.41, 5.74) is 0.605. The zero-order valence-corrected chi connectivity index (χ0v) is 12.2. The number of carbonyl (C=O) groups is 2. The Hall–Kier alpha value is -2.24. The molecule has 0 aliphatic carbocycles. The Morgan fingerprint density at radius 2 is 2.10 bits per heavy atom. The number of carbonyl (C=O) groups excluding carboxylic acids is 1. The number of carboxylic acid groups (broad SMARTS) is 1. The number of amides is 2. The van der Waals surface area contributed by atoms with Crippen LogP contribution >= 0.6 is 0 Å². The topological polar surface area (TPSA) is 81.1 Å². The first-order valence-electron chi connectivity index (χ1n) is 7.02. The lowest BCUT2D eigenvalue weighted by Crippen LogP contribution is -2.42. The van der Waals surface area contributed by atoms with Gasteiger partial charge in [0.15, 0.2) is 0 Å². The Kier molecular flexibility index (Phi) is 4.35. The van der Waals surface area contributed by atoms with Crippen molar-refractivity contribution in [1.29, 1.82) is 0 Å². The van der Waals surface area contributed by atoms with Gasteiger partial charge in [-0.1, -0.05) is 13.0 Å². The van der Waals surface area contributed by atoms with Crippen LogP contribution in [0.1, 0.15) is 13.8 Å². The van der Waals surface area contributed by atoms with Crippen molar-refractivity contribution < 1.29 is 19.8 Å². The molecule has 1 saturated heterocycles. The lowest BCUT2D eigenvalue weighted by molar-refractivity contribution is -0.142. The van der Waals surface area contributed by atoms with Gasteiger partial charge >= 0.3 is 12.0 Å². The van der Waals surface area contributed by atoms with Crippen molar-refractivity contribution >= 4 is 17.7 Å². The monoisotopic (exact) mass is 292 g/mol. The molecule has 1 aliphatic rings. The molecule has 1 aliphatic heterocycles. The maximum absolute atomic E-state index is 12.6. The summed E-state index contributed by atoms with van der Waals surface area (Å²) in [6.45, 7) is 4.80. The van der Waals surface area contributed by atoms with Gasteiger partial charge in [0.25, 0.3) is 0 Å². The van der Waals surface area contributed by atoms with Crippen LogP contribution in [0.5, 0.6) is 5.75 Å². The molecule has 114 valence electrons. The Balaban J connectivity index is 2.16. The predicted octanol–water partition coefficient (Wildman–Crippen LogP) is 1.99. The Labute approximate surface area is 123 Å². The minimum absolute atomic E-state index is 0.0608. The van der Waals surface area contributed by atoms with E-state index in [4.69, 9.17) is 5.11 Å². The van der Waals surface area contributed by atoms with Gasteiger partial charge in [0.05, 0.1) is 5.92 Å². The third-order valence-electron chi connectivity index (χ3n) is 3.89. The fourth-order valence-electron chi connectivity index (χ4n) is 2.70. The van der Waals surface area contributed by atoms with Gasteiger partial charge in [-0.15, -0.1) is 0 Å². The molecule has 1 fully saturated rings. The maximum atomic E-state index is 12.6. The molecule has 2 atom stereocenters. The van der Waals surface area contributed by atoms with Crippen molar-refractivity contribution in [3.8, 4) is 5.75 Å². The van der Waals surface area contributed by atoms with Crippen molar-refractivity contribution in [2.45, 2.75) is 13.8 Å². The van der Waals surface area contributed by atoms with Crippen LogP contribution in [-0.2, 0) is 4.79 Å². The van der Waals surface area contributed by atoms with Gasteiger partial charge in [0.2, 0.25) is 0 Å². The Morgan fingerprint density at radius 1 is 1.38 bits per heavy atom. The van der Waals surface area contributed by atoms with E-state index in [1.807, 2.05) is 13.8 Å². The average molecular weight is 292 g/mol. The highest BCUT2D eigenvalue weighted by atomic mass is 16.4. The number of phenolic OH excluding ortho intramolecular Hbond substituents is 1. The highest BCUT2D eigenvalue weighted by molar-refractivity contribution is 5.92. The van der Waals surface area contributed by atoms with E-state index in [9.17, 15) is 14.7 Å². The van der Waals surface area contributed by atoms with E-state index >= 15 is 0 Å². The quantitative estimate of drug-likeness (QED) is 0.892. The van der Waals surface area contributed by atoms with Gasteiger partial charge in [0.1, 0.15) is 5.75 Å². The zero-order chi connectivity index (χ0) is 15.6. The van der Waals surface area contributed by atoms with Gasteiger partial charge < -0.3 is 15.1 Å². The molecule has 0 aromatic heterocycles. The number of carboxylic acids is 1.